The molecule has 1 aromatic heterocycles. The number of amides is 1. The van der Waals surface area contributed by atoms with Crippen LogP contribution in [0, 0.1) is 0 Å². The number of rotatable bonds is 8. The molecule has 2 aromatic carbocycles. The van der Waals surface area contributed by atoms with E-state index in [4.69, 9.17) is 21.3 Å². The molecular formula is C21H24ClN3O2S2. The molecular weight excluding hydrogens is 426 g/mol. The summed E-state index contributed by atoms with van der Waals surface area (Å²) >= 11 is 9.47. The second-order valence-electron chi connectivity index (χ2n) is 6.80. The Hall–Kier alpha value is -1.80. The van der Waals surface area contributed by atoms with E-state index in [1.54, 1.807) is 35.9 Å². The van der Waals surface area contributed by atoms with Gasteiger partial charge in [0.25, 0.3) is 0 Å². The number of ether oxygens (including phenoxy) is 1. The number of hydrogen-bond acceptors (Lipinski definition) is 6. The van der Waals surface area contributed by atoms with Crippen molar-refractivity contribution in [3.8, 4) is 5.75 Å². The fourth-order valence-electron chi connectivity index (χ4n) is 2.86. The number of halogens is 1. The molecule has 0 aliphatic rings. The maximum atomic E-state index is 13.2. The Bertz CT molecular complexity index is 990. The lowest BCUT2D eigenvalue weighted by molar-refractivity contribution is -0.118. The number of nitrogens with zero attached hydrogens (tertiary/aromatic N) is 3. The Kier molecular flexibility index (Phi) is 7.40. The van der Waals surface area contributed by atoms with Gasteiger partial charge >= 0.3 is 0 Å². The molecule has 29 heavy (non-hydrogen) atoms. The normalized spacial score (nSPS) is 11.2. The smallest absolute Gasteiger partial charge is 0.233 e. The highest BCUT2D eigenvalue weighted by atomic mass is 35.5. The summed E-state index contributed by atoms with van der Waals surface area (Å²) in [7, 11) is 5.58. The number of methoxy groups -OCH3 is 1. The third kappa shape index (κ3) is 5.22. The van der Waals surface area contributed by atoms with Gasteiger partial charge in [-0.3, -0.25) is 9.69 Å². The zero-order valence-corrected chi connectivity index (χ0v) is 19.3. The van der Waals surface area contributed by atoms with E-state index in [0.29, 0.717) is 34.4 Å². The molecule has 0 saturated carbocycles. The Morgan fingerprint density at radius 1 is 1.17 bits per heavy atom. The van der Waals surface area contributed by atoms with Crippen LogP contribution in [0.15, 0.2) is 41.3 Å². The van der Waals surface area contributed by atoms with Gasteiger partial charge in [-0.15, -0.1) is 11.8 Å². The van der Waals surface area contributed by atoms with Crippen LogP contribution in [0.25, 0.3) is 10.2 Å². The maximum absolute atomic E-state index is 13.2. The number of benzene rings is 2. The highest BCUT2D eigenvalue weighted by Gasteiger charge is 2.22. The summed E-state index contributed by atoms with van der Waals surface area (Å²) in [4.78, 5) is 22.9. The van der Waals surface area contributed by atoms with Crippen LogP contribution >= 0.6 is 34.7 Å². The number of carbonyl (C=O) groups is 1. The molecule has 0 radical (unpaired) electrons. The third-order valence-electron chi connectivity index (χ3n) is 4.48. The molecule has 0 aliphatic carbocycles. The molecule has 0 bridgehead atoms. The molecule has 0 atom stereocenters. The van der Waals surface area contributed by atoms with Gasteiger partial charge in [-0.25, -0.2) is 4.98 Å². The Morgan fingerprint density at radius 3 is 2.52 bits per heavy atom. The van der Waals surface area contributed by atoms with Crippen LogP contribution in [0.3, 0.4) is 0 Å². The van der Waals surface area contributed by atoms with Crippen LogP contribution in [0.5, 0.6) is 5.75 Å². The van der Waals surface area contributed by atoms with Crippen LogP contribution in [0.1, 0.15) is 5.56 Å². The number of hydrogen-bond donors (Lipinski definition) is 0. The summed E-state index contributed by atoms with van der Waals surface area (Å²) in [6.07, 6.45) is 2.36. The first-order chi connectivity index (χ1) is 13.9. The van der Waals surface area contributed by atoms with Crippen LogP contribution in [-0.4, -0.2) is 56.3 Å². The second-order valence-corrected chi connectivity index (χ2v) is 9.06. The summed E-state index contributed by atoms with van der Waals surface area (Å²) in [5, 5.41) is 1.25. The predicted molar refractivity (Wildman–Crippen MR) is 124 cm³/mol. The van der Waals surface area contributed by atoms with Crippen molar-refractivity contribution >= 4 is 56.0 Å². The van der Waals surface area contributed by atoms with E-state index in [-0.39, 0.29) is 5.91 Å². The van der Waals surface area contributed by atoms with Crippen LogP contribution in [0.2, 0.25) is 5.02 Å². The topological polar surface area (TPSA) is 45.7 Å². The van der Waals surface area contributed by atoms with E-state index in [0.717, 1.165) is 16.8 Å². The van der Waals surface area contributed by atoms with Gasteiger partial charge in [0.2, 0.25) is 5.91 Å². The molecule has 3 rings (SSSR count). The highest BCUT2D eigenvalue weighted by Crippen LogP contribution is 2.38. The van der Waals surface area contributed by atoms with E-state index in [1.807, 2.05) is 44.6 Å². The number of anilines is 1. The first kappa shape index (κ1) is 21.9. The van der Waals surface area contributed by atoms with Crippen molar-refractivity contribution in [1.82, 2.24) is 9.88 Å². The molecule has 0 aliphatic heterocycles. The Balaban J connectivity index is 1.92. The zero-order chi connectivity index (χ0) is 21.0. The molecule has 154 valence electrons. The minimum Gasteiger partial charge on any atom is -0.494 e. The summed E-state index contributed by atoms with van der Waals surface area (Å²) in [6.45, 7) is 1.28. The molecule has 0 fully saturated rings. The van der Waals surface area contributed by atoms with E-state index in [2.05, 4.69) is 4.90 Å². The van der Waals surface area contributed by atoms with Crippen molar-refractivity contribution in [1.29, 1.82) is 0 Å². The average Bonchev–Trinajstić information content (AvgIpc) is 3.15. The molecule has 1 heterocycles. The summed E-state index contributed by atoms with van der Waals surface area (Å²) in [5.74, 6) is 0.664. The number of thioether (sulfide) groups is 1. The van der Waals surface area contributed by atoms with Crippen LogP contribution in [0.4, 0.5) is 5.13 Å². The minimum atomic E-state index is 0.0119. The van der Waals surface area contributed by atoms with Crippen molar-refractivity contribution in [2.45, 2.75) is 11.3 Å². The van der Waals surface area contributed by atoms with Gasteiger partial charge in [0.1, 0.15) is 11.3 Å². The van der Waals surface area contributed by atoms with Gasteiger partial charge in [0.05, 0.1) is 23.3 Å². The van der Waals surface area contributed by atoms with Crippen molar-refractivity contribution in [2.24, 2.45) is 0 Å². The molecule has 0 N–H and O–H groups in total. The SMILES string of the molecule is COc1ccc(Cl)c2sc(N(CCN(C)C)C(=O)Cc3ccc(SC)cc3)nc12. The van der Waals surface area contributed by atoms with E-state index in [9.17, 15) is 4.79 Å². The van der Waals surface area contributed by atoms with E-state index in [1.165, 1.54) is 16.2 Å². The molecule has 8 heteroatoms. The van der Waals surface area contributed by atoms with E-state index < -0.39 is 0 Å². The number of aromatic nitrogens is 1. The molecule has 0 spiro atoms. The lowest BCUT2D eigenvalue weighted by Crippen LogP contribution is -2.37. The largest absolute Gasteiger partial charge is 0.494 e. The Morgan fingerprint density at radius 2 is 1.90 bits per heavy atom. The fourth-order valence-corrected chi connectivity index (χ4v) is 4.57. The molecule has 0 unspecified atom stereocenters. The predicted octanol–water partition coefficient (Wildman–Crippen LogP) is 4.82. The van der Waals surface area contributed by atoms with Crippen molar-refractivity contribution in [3.05, 3.63) is 47.0 Å². The summed E-state index contributed by atoms with van der Waals surface area (Å²) in [5.41, 5.74) is 1.67. The zero-order valence-electron chi connectivity index (χ0n) is 16.9. The number of carbonyl (C=O) groups excluding carboxylic acids is 1. The summed E-state index contributed by atoms with van der Waals surface area (Å²) in [6, 6.07) is 11.7. The molecule has 5 nitrogen and oxygen atoms in total. The van der Waals surface area contributed by atoms with Gasteiger partial charge in [0, 0.05) is 18.0 Å². The monoisotopic (exact) mass is 449 g/mol. The van der Waals surface area contributed by atoms with Crippen molar-refractivity contribution in [2.75, 3.05) is 45.5 Å². The maximum Gasteiger partial charge on any atom is 0.233 e. The van der Waals surface area contributed by atoms with Crippen LogP contribution < -0.4 is 9.64 Å². The molecule has 1 amide bonds. The average molecular weight is 450 g/mol. The summed E-state index contributed by atoms with van der Waals surface area (Å²) < 4.78 is 6.25. The van der Waals surface area contributed by atoms with Crippen molar-refractivity contribution < 1.29 is 9.53 Å². The standard InChI is InChI=1S/C21H24ClN3O2S2/c1-24(2)11-12-25(18(26)13-14-5-7-15(28-4)8-6-14)21-23-19-17(27-3)10-9-16(22)20(19)29-21/h5-10H,11-13H2,1-4H3. The lowest BCUT2D eigenvalue weighted by atomic mass is 10.1. The van der Waals surface area contributed by atoms with Gasteiger partial charge in [-0.2, -0.15) is 0 Å². The van der Waals surface area contributed by atoms with Crippen LogP contribution in [-0.2, 0) is 11.2 Å². The quantitative estimate of drug-likeness (QED) is 0.461. The number of thiazole rings is 1. The second kappa shape index (κ2) is 9.80. The van der Waals surface area contributed by atoms with Gasteiger partial charge in [0.15, 0.2) is 5.13 Å². The third-order valence-corrected chi connectivity index (χ3v) is 6.77. The Labute approximate surface area is 184 Å². The fraction of sp³-hybridized carbons (Fsp3) is 0.333. The minimum absolute atomic E-state index is 0.0119. The first-order valence-electron chi connectivity index (χ1n) is 9.14. The van der Waals surface area contributed by atoms with Gasteiger partial charge < -0.3 is 9.64 Å². The first-order valence-corrected chi connectivity index (χ1v) is 11.6. The highest BCUT2D eigenvalue weighted by molar-refractivity contribution is 7.98. The number of likely N-dealkylation sites (N-methyl/N-ethyl adjacent to an activating group) is 1. The van der Waals surface area contributed by atoms with E-state index >= 15 is 0 Å². The molecule has 3 aromatic rings. The van der Waals surface area contributed by atoms with Crippen molar-refractivity contribution in [3.63, 3.8) is 0 Å². The lowest BCUT2D eigenvalue weighted by Gasteiger charge is -2.22. The van der Waals surface area contributed by atoms with Gasteiger partial charge in [-0.1, -0.05) is 35.1 Å². The molecule has 0 saturated heterocycles. The van der Waals surface area contributed by atoms with Gasteiger partial charge in [-0.05, 0) is 50.2 Å². The number of fused-ring (bicyclic) bond motifs is 1.